The Morgan fingerprint density at radius 1 is 1.33 bits per heavy atom. The molecule has 0 saturated heterocycles. The molecule has 0 radical (unpaired) electrons. The van der Waals surface area contributed by atoms with Crippen LogP contribution in [0.5, 0.6) is 0 Å². The Morgan fingerprint density at radius 3 is 2.89 bits per heavy atom. The van der Waals surface area contributed by atoms with Crippen LogP contribution in [-0.2, 0) is 13.1 Å². The van der Waals surface area contributed by atoms with Crippen LogP contribution >= 0.6 is 11.3 Å². The summed E-state index contributed by atoms with van der Waals surface area (Å²) in [5.74, 6) is 1.09. The number of hydrogen-bond donors (Lipinski definition) is 1. The highest BCUT2D eigenvalue weighted by Crippen LogP contribution is 2.21. The maximum absolute atomic E-state index is 4.54. The Balaban J connectivity index is 2.21. The van der Waals surface area contributed by atoms with Gasteiger partial charge in [-0.15, -0.1) is 11.3 Å². The first-order chi connectivity index (χ1) is 8.85. The van der Waals surface area contributed by atoms with Gasteiger partial charge in [0.15, 0.2) is 0 Å². The van der Waals surface area contributed by atoms with E-state index in [-0.39, 0.29) is 0 Å². The fourth-order valence-corrected chi connectivity index (χ4v) is 2.69. The highest BCUT2D eigenvalue weighted by atomic mass is 32.1. The van der Waals surface area contributed by atoms with Crippen LogP contribution < -0.4 is 10.2 Å². The van der Waals surface area contributed by atoms with Crippen LogP contribution in [0.2, 0.25) is 0 Å². The van der Waals surface area contributed by atoms with E-state index in [0.717, 1.165) is 25.5 Å². The van der Waals surface area contributed by atoms with Crippen molar-refractivity contribution in [1.82, 2.24) is 10.3 Å². The van der Waals surface area contributed by atoms with Crippen LogP contribution in [0, 0.1) is 0 Å². The second-order valence-corrected chi connectivity index (χ2v) is 5.14. The van der Waals surface area contributed by atoms with Gasteiger partial charge in [-0.25, -0.2) is 4.98 Å². The van der Waals surface area contributed by atoms with Gasteiger partial charge in [0.2, 0.25) is 0 Å². The Morgan fingerprint density at radius 2 is 2.22 bits per heavy atom. The number of aromatic nitrogens is 1. The van der Waals surface area contributed by atoms with Crippen molar-refractivity contribution in [1.29, 1.82) is 0 Å². The SMILES string of the molecule is CCN(Cc1cccs1)c1ncccc1CNC. The molecule has 0 atom stereocenters. The van der Waals surface area contributed by atoms with Gasteiger partial charge in [-0.2, -0.15) is 0 Å². The monoisotopic (exact) mass is 261 g/mol. The molecular weight excluding hydrogens is 242 g/mol. The Hall–Kier alpha value is -1.39. The summed E-state index contributed by atoms with van der Waals surface area (Å²) in [7, 11) is 1.96. The highest BCUT2D eigenvalue weighted by molar-refractivity contribution is 7.09. The number of nitrogens with one attached hydrogen (secondary N) is 1. The molecule has 0 fully saturated rings. The third-order valence-corrected chi connectivity index (χ3v) is 3.70. The van der Waals surface area contributed by atoms with Crippen molar-refractivity contribution >= 4 is 17.2 Å². The third-order valence-electron chi connectivity index (χ3n) is 2.84. The molecule has 0 unspecified atom stereocenters. The first kappa shape index (κ1) is 13.1. The van der Waals surface area contributed by atoms with Crippen molar-refractivity contribution in [3.63, 3.8) is 0 Å². The maximum atomic E-state index is 4.54. The molecule has 0 aromatic carbocycles. The van der Waals surface area contributed by atoms with Gasteiger partial charge in [0.1, 0.15) is 5.82 Å². The van der Waals surface area contributed by atoms with Crippen LogP contribution in [-0.4, -0.2) is 18.6 Å². The standard InChI is InChI=1S/C14H19N3S/c1-3-17(11-13-7-5-9-18-13)14-12(10-15-2)6-4-8-16-14/h4-9,15H,3,10-11H2,1-2H3. The molecule has 0 saturated carbocycles. The van der Waals surface area contributed by atoms with Crippen LogP contribution in [0.4, 0.5) is 5.82 Å². The first-order valence-electron chi connectivity index (χ1n) is 6.21. The molecule has 18 heavy (non-hydrogen) atoms. The topological polar surface area (TPSA) is 28.2 Å². The normalized spacial score (nSPS) is 10.6. The lowest BCUT2D eigenvalue weighted by Gasteiger charge is -2.23. The zero-order valence-corrected chi connectivity index (χ0v) is 11.7. The van der Waals surface area contributed by atoms with Gasteiger partial charge < -0.3 is 10.2 Å². The van der Waals surface area contributed by atoms with Crippen molar-refractivity contribution in [2.45, 2.75) is 20.0 Å². The summed E-state index contributed by atoms with van der Waals surface area (Å²) in [6.45, 7) is 4.92. The molecule has 96 valence electrons. The van der Waals surface area contributed by atoms with E-state index in [0.29, 0.717) is 0 Å². The summed E-state index contributed by atoms with van der Waals surface area (Å²) < 4.78 is 0. The molecule has 1 N–H and O–H groups in total. The Labute approximate surface area is 112 Å². The van der Waals surface area contributed by atoms with Gasteiger partial charge in [0, 0.05) is 29.7 Å². The lowest BCUT2D eigenvalue weighted by molar-refractivity contribution is 0.774. The molecule has 0 amide bonds. The van der Waals surface area contributed by atoms with E-state index in [4.69, 9.17) is 0 Å². The smallest absolute Gasteiger partial charge is 0.133 e. The first-order valence-corrected chi connectivity index (χ1v) is 7.09. The van der Waals surface area contributed by atoms with Crippen LogP contribution in [0.25, 0.3) is 0 Å². The van der Waals surface area contributed by atoms with E-state index in [1.54, 1.807) is 11.3 Å². The number of hydrogen-bond acceptors (Lipinski definition) is 4. The fourth-order valence-electron chi connectivity index (χ4n) is 1.97. The van der Waals surface area contributed by atoms with Crippen molar-refractivity contribution in [3.05, 3.63) is 46.3 Å². The minimum Gasteiger partial charge on any atom is -0.351 e. The van der Waals surface area contributed by atoms with Crippen molar-refractivity contribution in [2.24, 2.45) is 0 Å². The minimum absolute atomic E-state index is 0.851. The molecule has 0 aliphatic carbocycles. The number of pyridine rings is 1. The number of anilines is 1. The van der Waals surface area contributed by atoms with E-state index in [1.165, 1.54) is 10.4 Å². The highest BCUT2D eigenvalue weighted by Gasteiger charge is 2.11. The van der Waals surface area contributed by atoms with E-state index >= 15 is 0 Å². The predicted octanol–water partition coefficient (Wildman–Crippen LogP) is 2.89. The van der Waals surface area contributed by atoms with Gasteiger partial charge in [0.05, 0.1) is 6.54 Å². The zero-order chi connectivity index (χ0) is 12.8. The second-order valence-electron chi connectivity index (χ2n) is 4.11. The molecular formula is C14H19N3S. The summed E-state index contributed by atoms with van der Waals surface area (Å²) in [6, 6.07) is 8.40. The molecule has 4 heteroatoms. The van der Waals surface area contributed by atoms with Gasteiger partial charge in [0.25, 0.3) is 0 Å². The lowest BCUT2D eigenvalue weighted by Crippen LogP contribution is -2.24. The quantitative estimate of drug-likeness (QED) is 0.866. The van der Waals surface area contributed by atoms with Crippen molar-refractivity contribution in [2.75, 3.05) is 18.5 Å². The molecule has 0 aliphatic heterocycles. The van der Waals surface area contributed by atoms with E-state index in [9.17, 15) is 0 Å². The maximum Gasteiger partial charge on any atom is 0.133 e. The second kappa shape index (κ2) is 6.52. The van der Waals surface area contributed by atoms with Crippen LogP contribution in [0.15, 0.2) is 35.8 Å². The van der Waals surface area contributed by atoms with Gasteiger partial charge in [-0.1, -0.05) is 12.1 Å². The summed E-state index contributed by atoms with van der Waals surface area (Å²) in [6.07, 6.45) is 1.87. The molecule has 3 nitrogen and oxygen atoms in total. The summed E-state index contributed by atoms with van der Waals surface area (Å²) in [5.41, 5.74) is 1.25. The minimum atomic E-state index is 0.851. The van der Waals surface area contributed by atoms with Gasteiger partial charge in [-0.3, -0.25) is 0 Å². The number of nitrogens with zero attached hydrogens (tertiary/aromatic N) is 2. The third kappa shape index (κ3) is 3.09. The summed E-state index contributed by atoms with van der Waals surface area (Å²) in [4.78, 5) is 8.23. The van der Waals surface area contributed by atoms with E-state index < -0.39 is 0 Å². The molecule has 0 aliphatic rings. The van der Waals surface area contributed by atoms with Crippen molar-refractivity contribution in [3.8, 4) is 0 Å². The number of rotatable bonds is 6. The lowest BCUT2D eigenvalue weighted by atomic mass is 10.2. The molecule has 0 bridgehead atoms. The summed E-state index contributed by atoms with van der Waals surface area (Å²) in [5, 5.41) is 5.32. The van der Waals surface area contributed by atoms with Crippen LogP contribution in [0.1, 0.15) is 17.4 Å². The Kier molecular flexibility index (Phi) is 4.73. The van der Waals surface area contributed by atoms with Gasteiger partial charge in [-0.05, 0) is 31.5 Å². The molecule has 2 aromatic heterocycles. The van der Waals surface area contributed by atoms with Crippen molar-refractivity contribution < 1.29 is 0 Å². The average Bonchev–Trinajstić information content (AvgIpc) is 2.90. The van der Waals surface area contributed by atoms with Crippen LogP contribution in [0.3, 0.4) is 0 Å². The number of thiophene rings is 1. The molecule has 2 heterocycles. The zero-order valence-electron chi connectivity index (χ0n) is 10.9. The molecule has 0 spiro atoms. The predicted molar refractivity (Wildman–Crippen MR) is 78.0 cm³/mol. The van der Waals surface area contributed by atoms with E-state index in [1.807, 2.05) is 19.3 Å². The fraction of sp³-hybridized carbons (Fsp3) is 0.357. The van der Waals surface area contributed by atoms with Gasteiger partial charge >= 0.3 is 0 Å². The van der Waals surface area contributed by atoms with E-state index in [2.05, 4.69) is 45.7 Å². The largest absolute Gasteiger partial charge is 0.351 e. The average molecular weight is 261 g/mol. The Bertz CT molecular complexity index is 468. The molecule has 2 rings (SSSR count). The molecule has 2 aromatic rings. The summed E-state index contributed by atoms with van der Waals surface area (Å²) >= 11 is 1.80.